The average Bonchev–Trinajstić information content (AvgIpc) is 3.53. The van der Waals surface area contributed by atoms with Crippen LogP contribution in [0, 0.1) is 0 Å². The van der Waals surface area contributed by atoms with E-state index in [1.54, 1.807) is 0 Å². The van der Waals surface area contributed by atoms with Crippen LogP contribution in [0.1, 0.15) is 35.1 Å². The van der Waals surface area contributed by atoms with E-state index >= 15 is 0 Å². The summed E-state index contributed by atoms with van der Waals surface area (Å²) in [7, 11) is 0. The minimum Gasteiger partial charge on any atom is -0.456 e. The van der Waals surface area contributed by atoms with Crippen molar-refractivity contribution in [2.45, 2.75) is 24.9 Å². The fourth-order valence-electron chi connectivity index (χ4n) is 9.98. The first-order valence-electron chi connectivity index (χ1n) is 19.0. The lowest BCUT2D eigenvalue weighted by atomic mass is 9.80. The van der Waals surface area contributed by atoms with E-state index in [1.807, 2.05) is 0 Å². The van der Waals surface area contributed by atoms with Crippen LogP contribution in [0.3, 0.4) is 0 Å². The van der Waals surface area contributed by atoms with Gasteiger partial charge in [0.15, 0.2) is 0 Å². The average molecular weight is 691 g/mol. The van der Waals surface area contributed by atoms with E-state index in [-0.39, 0.29) is 5.92 Å². The molecule has 1 aromatic heterocycles. The topological polar surface area (TPSA) is 33.4 Å². The number of aliphatic hydroxyl groups excluding tert-OH is 1. The summed E-state index contributed by atoms with van der Waals surface area (Å²) in [6, 6.07) is 59.5. The molecule has 0 radical (unpaired) electrons. The molecule has 0 saturated heterocycles. The van der Waals surface area contributed by atoms with E-state index in [2.05, 4.69) is 164 Å². The van der Waals surface area contributed by atoms with Crippen LogP contribution in [-0.2, 0) is 6.42 Å². The predicted octanol–water partition coefficient (Wildman–Crippen LogP) is 13.8. The van der Waals surface area contributed by atoms with E-state index < -0.39 is 6.10 Å². The van der Waals surface area contributed by atoms with Crippen molar-refractivity contribution in [2.75, 3.05) is 0 Å². The Morgan fingerprint density at radius 3 is 1.81 bits per heavy atom. The molecule has 2 heteroatoms. The van der Waals surface area contributed by atoms with Crippen LogP contribution in [0.25, 0.3) is 98.8 Å². The van der Waals surface area contributed by atoms with Gasteiger partial charge >= 0.3 is 0 Å². The van der Waals surface area contributed by atoms with Crippen molar-refractivity contribution in [3.63, 3.8) is 0 Å². The number of rotatable bonds is 2. The van der Waals surface area contributed by atoms with Gasteiger partial charge in [-0.1, -0.05) is 133 Å². The normalized spacial score (nSPS) is 16.1. The van der Waals surface area contributed by atoms with Crippen molar-refractivity contribution in [3.8, 4) is 44.5 Å². The Balaban J connectivity index is 1.04. The Labute approximate surface area is 312 Å². The van der Waals surface area contributed by atoms with Gasteiger partial charge in [0.25, 0.3) is 0 Å². The molecule has 12 rings (SSSR count). The highest BCUT2D eigenvalue weighted by atomic mass is 16.3. The Morgan fingerprint density at radius 1 is 0.407 bits per heavy atom. The largest absolute Gasteiger partial charge is 0.456 e. The monoisotopic (exact) mass is 690 g/mol. The first-order valence-corrected chi connectivity index (χ1v) is 19.0. The zero-order valence-corrected chi connectivity index (χ0v) is 29.5. The minimum absolute atomic E-state index is 0.0238. The molecule has 0 spiro atoms. The second-order valence-electron chi connectivity index (χ2n) is 15.2. The summed E-state index contributed by atoms with van der Waals surface area (Å²) >= 11 is 0. The number of benzene rings is 9. The van der Waals surface area contributed by atoms with Crippen LogP contribution in [0.4, 0.5) is 0 Å². The molecule has 2 bridgehead atoms. The summed E-state index contributed by atoms with van der Waals surface area (Å²) in [6.45, 7) is 0. The van der Waals surface area contributed by atoms with Crippen LogP contribution in [-0.4, -0.2) is 5.11 Å². The molecule has 0 amide bonds. The molecule has 0 aliphatic heterocycles. The van der Waals surface area contributed by atoms with E-state index in [9.17, 15) is 5.11 Å². The van der Waals surface area contributed by atoms with Crippen LogP contribution in [0.15, 0.2) is 168 Å². The number of hydrogen-bond donors (Lipinski definition) is 1. The lowest BCUT2D eigenvalue weighted by Crippen LogP contribution is -2.14. The van der Waals surface area contributed by atoms with Gasteiger partial charge in [-0.15, -0.1) is 0 Å². The maximum Gasteiger partial charge on any atom is 0.136 e. The van der Waals surface area contributed by atoms with Gasteiger partial charge in [-0.2, -0.15) is 0 Å². The van der Waals surface area contributed by atoms with Crippen LogP contribution < -0.4 is 0 Å². The lowest BCUT2D eigenvalue weighted by molar-refractivity contribution is 0.141. The number of furan rings is 1. The van der Waals surface area contributed by atoms with Crippen molar-refractivity contribution in [2.24, 2.45) is 0 Å². The van der Waals surface area contributed by atoms with Gasteiger partial charge in [0.2, 0.25) is 0 Å². The second-order valence-corrected chi connectivity index (χ2v) is 15.2. The summed E-state index contributed by atoms with van der Waals surface area (Å²) in [6.07, 6.45) is 1.30. The third kappa shape index (κ3) is 4.20. The lowest BCUT2D eigenvalue weighted by Gasteiger charge is -2.27. The minimum atomic E-state index is -0.563. The summed E-state index contributed by atoms with van der Waals surface area (Å²) in [4.78, 5) is 0. The molecule has 10 aromatic rings. The molecule has 1 N–H and O–H groups in total. The third-order valence-corrected chi connectivity index (χ3v) is 12.5. The van der Waals surface area contributed by atoms with Gasteiger partial charge in [-0.25, -0.2) is 0 Å². The van der Waals surface area contributed by atoms with Crippen LogP contribution >= 0.6 is 0 Å². The van der Waals surface area contributed by atoms with Gasteiger partial charge in [-0.3, -0.25) is 0 Å². The smallest absolute Gasteiger partial charge is 0.136 e. The molecule has 0 fully saturated rings. The highest BCUT2D eigenvalue weighted by Gasteiger charge is 2.34. The van der Waals surface area contributed by atoms with E-state index in [4.69, 9.17) is 4.42 Å². The Hall–Kier alpha value is -6.48. The molecule has 0 saturated carbocycles. The van der Waals surface area contributed by atoms with Crippen LogP contribution in [0.5, 0.6) is 0 Å². The summed E-state index contributed by atoms with van der Waals surface area (Å²) in [5.41, 5.74) is 15.0. The number of fused-ring (bicyclic) bond motifs is 16. The van der Waals surface area contributed by atoms with Crippen molar-refractivity contribution in [3.05, 3.63) is 180 Å². The molecule has 9 aromatic carbocycles. The molecule has 1 heterocycles. The molecule has 2 aliphatic rings. The van der Waals surface area contributed by atoms with Gasteiger partial charge in [-0.05, 0) is 137 Å². The van der Waals surface area contributed by atoms with Gasteiger partial charge < -0.3 is 9.52 Å². The summed E-state index contributed by atoms with van der Waals surface area (Å²) in [5.74, 6) is 0.0238. The maximum atomic E-state index is 11.9. The fourth-order valence-corrected chi connectivity index (χ4v) is 9.98. The molecule has 2 unspecified atom stereocenters. The Bertz CT molecular complexity index is 3160. The Morgan fingerprint density at radius 2 is 1.00 bits per heavy atom. The molecular formula is C52H34O2. The molecule has 2 atom stereocenters. The van der Waals surface area contributed by atoms with Gasteiger partial charge in [0.1, 0.15) is 11.2 Å². The van der Waals surface area contributed by atoms with Gasteiger partial charge in [0.05, 0.1) is 6.10 Å². The molecule has 254 valence electrons. The zero-order chi connectivity index (χ0) is 35.5. The first-order chi connectivity index (χ1) is 26.7. The van der Waals surface area contributed by atoms with E-state index in [0.717, 1.165) is 57.0 Å². The zero-order valence-electron chi connectivity index (χ0n) is 29.5. The maximum absolute atomic E-state index is 11.9. The SMILES string of the molecule is OC1c2ccccc2-c2cccc3c2CCC1c1ccc(-c2ccc4oc5cccc(-c6ccc7c8ccccc8c8ccccc8c7c6)c5c4c2)cc1-3. The molecule has 54 heavy (non-hydrogen) atoms. The van der Waals surface area contributed by atoms with Crippen molar-refractivity contribution < 1.29 is 9.52 Å². The predicted molar refractivity (Wildman–Crippen MR) is 224 cm³/mol. The highest BCUT2D eigenvalue weighted by molar-refractivity contribution is 6.26. The summed E-state index contributed by atoms with van der Waals surface area (Å²) < 4.78 is 6.54. The van der Waals surface area contributed by atoms with Crippen molar-refractivity contribution in [1.82, 2.24) is 0 Å². The first kappa shape index (κ1) is 30.0. The van der Waals surface area contributed by atoms with Crippen molar-refractivity contribution >= 4 is 54.3 Å². The van der Waals surface area contributed by atoms with E-state index in [0.29, 0.717) is 0 Å². The standard InChI is InChI=1S/C52H34O2/c53-52-44-14-6-5-12-38(44)37-16-7-17-40-41(37)24-25-45(52)43-22-19-30(27-46(40)43)31-21-26-49-48(28-31)51-33(15-8-18-50(51)54-49)32-20-23-42-36-11-2-1-9-34(36)35-10-3-4-13-39(35)47(42)29-32/h1-23,26-29,45,52-53H,24-25H2. The number of hydrogen-bond acceptors (Lipinski definition) is 2. The van der Waals surface area contributed by atoms with E-state index in [1.165, 1.54) is 71.3 Å². The third-order valence-electron chi connectivity index (χ3n) is 12.5. The summed E-state index contributed by atoms with van der Waals surface area (Å²) in [5, 5.41) is 21.8. The second kappa shape index (κ2) is 11.3. The van der Waals surface area contributed by atoms with Crippen LogP contribution in [0.2, 0.25) is 0 Å². The molecular weight excluding hydrogens is 657 g/mol. The Kier molecular flexibility index (Phi) is 6.26. The quantitative estimate of drug-likeness (QED) is 0.183. The number of aliphatic hydroxyl groups is 1. The van der Waals surface area contributed by atoms with Crippen molar-refractivity contribution in [1.29, 1.82) is 0 Å². The molecule has 2 aliphatic carbocycles. The van der Waals surface area contributed by atoms with Gasteiger partial charge in [0, 0.05) is 16.7 Å². The molecule has 2 nitrogen and oxygen atoms in total. The fraction of sp³-hybridized carbons (Fsp3) is 0.0769. The highest BCUT2D eigenvalue weighted by Crippen LogP contribution is 2.51.